The van der Waals surface area contributed by atoms with Crippen LogP contribution in [0.1, 0.15) is 36.0 Å². The van der Waals surface area contributed by atoms with E-state index >= 15 is 0 Å². The molecule has 1 atom stereocenters. The van der Waals surface area contributed by atoms with Crippen molar-refractivity contribution < 1.29 is 18.8 Å². The van der Waals surface area contributed by atoms with Gasteiger partial charge in [0.15, 0.2) is 0 Å². The standard InChI is InChI=1S/C21H20FN3O3/c1-3-27-16-10-8-15(9-11-16)19-12-23-13-20(24-19)21(26)25-28-14(2)17-6-4-5-7-18(17)22/h4-14H,3H2,1-2H3,(H,25,26)/t14-/m0/s1. The van der Waals surface area contributed by atoms with Gasteiger partial charge in [0.25, 0.3) is 5.91 Å². The monoisotopic (exact) mass is 381 g/mol. The average Bonchev–Trinajstić information content (AvgIpc) is 2.73. The molecular weight excluding hydrogens is 361 g/mol. The lowest BCUT2D eigenvalue weighted by molar-refractivity contribution is -0.0106. The molecule has 0 radical (unpaired) electrons. The Kier molecular flexibility index (Phi) is 6.29. The zero-order chi connectivity index (χ0) is 19.9. The highest BCUT2D eigenvalue weighted by molar-refractivity contribution is 5.91. The number of hydrogen-bond donors (Lipinski definition) is 1. The zero-order valence-corrected chi connectivity index (χ0v) is 15.6. The largest absolute Gasteiger partial charge is 0.494 e. The second-order valence-electron chi connectivity index (χ2n) is 5.96. The van der Waals surface area contributed by atoms with Gasteiger partial charge < -0.3 is 4.74 Å². The summed E-state index contributed by atoms with van der Waals surface area (Å²) in [4.78, 5) is 26.0. The minimum absolute atomic E-state index is 0.0899. The Morgan fingerprint density at radius 3 is 2.61 bits per heavy atom. The minimum Gasteiger partial charge on any atom is -0.494 e. The molecule has 1 amide bonds. The van der Waals surface area contributed by atoms with Crippen LogP contribution in [-0.2, 0) is 4.84 Å². The molecule has 0 aliphatic carbocycles. The number of hydroxylamine groups is 1. The maximum absolute atomic E-state index is 13.8. The number of carbonyl (C=O) groups excluding carboxylic acids is 1. The highest BCUT2D eigenvalue weighted by atomic mass is 19.1. The first kappa shape index (κ1) is 19.4. The third kappa shape index (κ3) is 4.69. The number of aromatic nitrogens is 2. The summed E-state index contributed by atoms with van der Waals surface area (Å²) in [7, 11) is 0. The van der Waals surface area contributed by atoms with Crippen LogP contribution < -0.4 is 10.2 Å². The first-order chi connectivity index (χ1) is 13.6. The molecule has 3 aromatic rings. The van der Waals surface area contributed by atoms with E-state index in [4.69, 9.17) is 9.57 Å². The summed E-state index contributed by atoms with van der Waals surface area (Å²) in [6.07, 6.45) is 2.24. The average molecular weight is 381 g/mol. The quantitative estimate of drug-likeness (QED) is 0.624. The Labute approximate surface area is 162 Å². The van der Waals surface area contributed by atoms with Crippen molar-refractivity contribution in [2.24, 2.45) is 0 Å². The van der Waals surface area contributed by atoms with Crippen LogP contribution in [0.2, 0.25) is 0 Å². The fraction of sp³-hybridized carbons (Fsp3) is 0.190. The van der Waals surface area contributed by atoms with Crippen molar-refractivity contribution in [3.8, 4) is 17.0 Å². The Morgan fingerprint density at radius 1 is 1.14 bits per heavy atom. The third-order valence-corrected chi connectivity index (χ3v) is 4.00. The van der Waals surface area contributed by atoms with Crippen LogP contribution in [0.5, 0.6) is 5.75 Å². The number of amides is 1. The molecular formula is C21H20FN3O3. The van der Waals surface area contributed by atoms with E-state index in [2.05, 4.69) is 15.4 Å². The van der Waals surface area contributed by atoms with Gasteiger partial charge in [-0.3, -0.25) is 14.6 Å². The molecule has 0 saturated heterocycles. The van der Waals surface area contributed by atoms with Crippen molar-refractivity contribution in [2.45, 2.75) is 20.0 Å². The maximum atomic E-state index is 13.8. The number of halogens is 1. The summed E-state index contributed by atoms with van der Waals surface area (Å²) in [6, 6.07) is 13.6. The molecule has 0 spiro atoms. The second kappa shape index (κ2) is 9.05. The Hall–Kier alpha value is -3.32. The molecule has 0 saturated carbocycles. The summed E-state index contributed by atoms with van der Waals surface area (Å²) in [5, 5.41) is 0. The van der Waals surface area contributed by atoms with Gasteiger partial charge in [0, 0.05) is 11.1 Å². The minimum atomic E-state index is -0.660. The number of rotatable bonds is 7. The van der Waals surface area contributed by atoms with Crippen molar-refractivity contribution in [2.75, 3.05) is 6.61 Å². The van der Waals surface area contributed by atoms with Crippen molar-refractivity contribution in [1.29, 1.82) is 0 Å². The van der Waals surface area contributed by atoms with E-state index in [9.17, 15) is 9.18 Å². The van der Waals surface area contributed by atoms with Crippen LogP contribution in [0.4, 0.5) is 4.39 Å². The molecule has 0 unspecified atom stereocenters. The SMILES string of the molecule is CCOc1ccc(-c2cncc(C(=O)NO[C@@H](C)c3ccccc3F)n2)cc1. The van der Waals surface area contributed by atoms with Gasteiger partial charge in [-0.2, -0.15) is 0 Å². The number of benzene rings is 2. The van der Waals surface area contributed by atoms with E-state index in [0.29, 0.717) is 17.9 Å². The normalized spacial score (nSPS) is 11.7. The molecule has 2 aromatic carbocycles. The highest BCUT2D eigenvalue weighted by Gasteiger charge is 2.15. The molecule has 1 heterocycles. The Balaban J connectivity index is 1.67. The maximum Gasteiger partial charge on any atom is 0.295 e. The molecule has 144 valence electrons. The second-order valence-corrected chi connectivity index (χ2v) is 5.96. The fourth-order valence-corrected chi connectivity index (χ4v) is 2.57. The fourth-order valence-electron chi connectivity index (χ4n) is 2.57. The topological polar surface area (TPSA) is 73.3 Å². The van der Waals surface area contributed by atoms with Crippen LogP contribution in [0, 0.1) is 5.82 Å². The smallest absolute Gasteiger partial charge is 0.295 e. The van der Waals surface area contributed by atoms with E-state index in [1.807, 2.05) is 31.2 Å². The summed E-state index contributed by atoms with van der Waals surface area (Å²) < 4.78 is 19.2. The molecule has 28 heavy (non-hydrogen) atoms. The molecule has 0 aliphatic rings. The molecule has 7 heteroatoms. The lowest BCUT2D eigenvalue weighted by atomic mass is 10.1. The molecule has 0 aliphatic heterocycles. The summed E-state index contributed by atoms with van der Waals surface area (Å²) >= 11 is 0. The summed E-state index contributed by atoms with van der Waals surface area (Å²) in [5.74, 6) is -0.214. The van der Waals surface area contributed by atoms with Gasteiger partial charge in [0.2, 0.25) is 0 Å². The first-order valence-electron chi connectivity index (χ1n) is 8.84. The van der Waals surface area contributed by atoms with E-state index in [1.54, 1.807) is 31.3 Å². The van der Waals surface area contributed by atoms with E-state index in [-0.39, 0.29) is 5.69 Å². The molecule has 1 N–H and O–H groups in total. The highest BCUT2D eigenvalue weighted by Crippen LogP contribution is 2.21. The molecule has 6 nitrogen and oxygen atoms in total. The Morgan fingerprint density at radius 2 is 1.89 bits per heavy atom. The third-order valence-electron chi connectivity index (χ3n) is 4.00. The number of nitrogens with one attached hydrogen (secondary N) is 1. The van der Waals surface area contributed by atoms with Crippen LogP contribution in [0.3, 0.4) is 0 Å². The number of ether oxygens (including phenoxy) is 1. The van der Waals surface area contributed by atoms with E-state index in [1.165, 1.54) is 12.3 Å². The lowest BCUT2D eigenvalue weighted by Gasteiger charge is -2.14. The first-order valence-corrected chi connectivity index (χ1v) is 8.84. The molecule has 1 aromatic heterocycles. The van der Waals surface area contributed by atoms with Crippen LogP contribution in [0.15, 0.2) is 60.9 Å². The molecule has 0 fully saturated rings. The lowest BCUT2D eigenvalue weighted by Crippen LogP contribution is -2.26. The van der Waals surface area contributed by atoms with Crippen molar-refractivity contribution >= 4 is 5.91 Å². The van der Waals surface area contributed by atoms with Crippen LogP contribution in [-0.4, -0.2) is 22.5 Å². The zero-order valence-electron chi connectivity index (χ0n) is 15.6. The number of carbonyl (C=O) groups is 1. The van der Waals surface area contributed by atoms with Crippen molar-refractivity contribution in [3.63, 3.8) is 0 Å². The number of hydrogen-bond acceptors (Lipinski definition) is 5. The van der Waals surface area contributed by atoms with Crippen LogP contribution >= 0.6 is 0 Å². The number of nitrogens with zero attached hydrogens (tertiary/aromatic N) is 2. The van der Waals surface area contributed by atoms with Crippen molar-refractivity contribution in [1.82, 2.24) is 15.4 Å². The predicted molar refractivity (Wildman–Crippen MR) is 102 cm³/mol. The molecule has 0 bridgehead atoms. The van der Waals surface area contributed by atoms with Gasteiger partial charge >= 0.3 is 0 Å². The predicted octanol–water partition coefficient (Wildman–Crippen LogP) is 4.10. The van der Waals surface area contributed by atoms with E-state index < -0.39 is 17.8 Å². The van der Waals surface area contributed by atoms with Gasteiger partial charge in [-0.05, 0) is 44.2 Å². The van der Waals surface area contributed by atoms with E-state index in [0.717, 1.165) is 11.3 Å². The van der Waals surface area contributed by atoms with Crippen LogP contribution in [0.25, 0.3) is 11.3 Å². The van der Waals surface area contributed by atoms with Gasteiger partial charge in [-0.1, -0.05) is 18.2 Å². The van der Waals surface area contributed by atoms with Gasteiger partial charge in [0.05, 0.1) is 24.7 Å². The van der Waals surface area contributed by atoms with Crippen molar-refractivity contribution in [3.05, 3.63) is 78.0 Å². The van der Waals surface area contributed by atoms with Gasteiger partial charge in [-0.25, -0.2) is 14.9 Å². The van der Waals surface area contributed by atoms with Gasteiger partial charge in [-0.15, -0.1) is 0 Å². The Bertz CT molecular complexity index is 948. The molecule has 3 rings (SSSR count). The van der Waals surface area contributed by atoms with Gasteiger partial charge in [0.1, 0.15) is 23.4 Å². The summed E-state index contributed by atoms with van der Waals surface area (Å²) in [6.45, 7) is 4.14. The summed E-state index contributed by atoms with van der Waals surface area (Å²) in [5.41, 5.74) is 4.07.